The molecular weight excluding hydrogens is 382 g/mol. The highest BCUT2D eigenvalue weighted by molar-refractivity contribution is 5.97. The van der Waals surface area contributed by atoms with Gasteiger partial charge in [-0.1, -0.05) is 30.3 Å². The lowest BCUT2D eigenvalue weighted by Crippen LogP contribution is -2.25. The molecule has 7 heteroatoms. The van der Waals surface area contributed by atoms with Crippen LogP contribution in [0.5, 0.6) is 0 Å². The van der Waals surface area contributed by atoms with Gasteiger partial charge in [0.1, 0.15) is 0 Å². The third-order valence-electron chi connectivity index (χ3n) is 4.68. The van der Waals surface area contributed by atoms with Crippen molar-refractivity contribution in [3.8, 4) is 0 Å². The summed E-state index contributed by atoms with van der Waals surface area (Å²) in [6.07, 6.45) is 0.653. The lowest BCUT2D eigenvalue weighted by molar-refractivity contribution is 0.0324. The Morgan fingerprint density at radius 1 is 0.967 bits per heavy atom. The van der Waals surface area contributed by atoms with Crippen molar-refractivity contribution < 1.29 is 19.6 Å². The molecule has 0 fully saturated rings. The Bertz CT molecular complexity index is 1030. The smallest absolute Gasteiger partial charge is 0.274 e. The van der Waals surface area contributed by atoms with Crippen LogP contribution in [0, 0.1) is 0 Å². The fourth-order valence-corrected chi connectivity index (χ4v) is 3.26. The summed E-state index contributed by atoms with van der Waals surface area (Å²) in [5, 5.41) is 11.0. The van der Waals surface area contributed by atoms with Crippen LogP contribution in [-0.2, 0) is 17.8 Å². The van der Waals surface area contributed by atoms with E-state index in [2.05, 4.69) is 40.7 Å². The van der Waals surface area contributed by atoms with Crippen LogP contribution in [-0.4, -0.2) is 42.6 Å². The Morgan fingerprint density at radius 2 is 1.67 bits per heavy atom. The van der Waals surface area contributed by atoms with Gasteiger partial charge in [-0.25, -0.2) is 11.0 Å². The van der Waals surface area contributed by atoms with Gasteiger partial charge in [0, 0.05) is 17.7 Å². The van der Waals surface area contributed by atoms with E-state index in [0.29, 0.717) is 18.6 Å². The predicted octanol–water partition coefficient (Wildman–Crippen LogP) is 2.92. The highest BCUT2D eigenvalue weighted by Crippen LogP contribution is 2.21. The second kappa shape index (κ2) is 9.98. The lowest BCUT2D eigenvalue weighted by atomic mass is 10.0. The van der Waals surface area contributed by atoms with E-state index in [4.69, 9.17) is 10.0 Å². The summed E-state index contributed by atoms with van der Waals surface area (Å²) in [4.78, 5) is 31.0. The zero-order valence-electron chi connectivity index (χ0n) is 17.0. The molecular formula is C23H25N3O4. The van der Waals surface area contributed by atoms with Crippen molar-refractivity contribution in [1.29, 1.82) is 0 Å². The second-order valence-electron chi connectivity index (χ2n) is 7.26. The summed E-state index contributed by atoms with van der Waals surface area (Å²) in [6.45, 7) is 1.22. The fraction of sp³-hybridized carbons (Fsp3) is 0.217. The van der Waals surface area contributed by atoms with E-state index in [0.717, 1.165) is 12.1 Å². The molecule has 0 bridgehead atoms. The van der Waals surface area contributed by atoms with Crippen LogP contribution >= 0.6 is 0 Å². The van der Waals surface area contributed by atoms with E-state index >= 15 is 0 Å². The highest BCUT2D eigenvalue weighted by Gasteiger charge is 2.09. The predicted molar refractivity (Wildman–Crippen MR) is 114 cm³/mol. The standard InChI is InChI=1S/C23H25N3O4/c1-26(2)15-16-6-11-21-17(4-3-5-20(21)14-16)12-13-30-25-23(28)19-9-7-18(8-10-19)22(27)24-29/h3-11,14,29H,12-13,15H2,1-2H3,(H,24,27)(H,25,28). The Morgan fingerprint density at radius 3 is 2.33 bits per heavy atom. The van der Waals surface area contributed by atoms with E-state index in [1.807, 2.05) is 20.2 Å². The van der Waals surface area contributed by atoms with E-state index in [1.165, 1.54) is 40.6 Å². The molecule has 0 aliphatic carbocycles. The molecule has 3 N–H and O–H groups in total. The summed E-state index contributed by atoms with van der Waals surface area (Å²) in [7, 11) is 4.10. The van der Waals surface area contributed by atoms with Crippen LogP contribution in [0.15, 0.2) is 60.7 Å². The molecule has 0 aliphatic heterocycles. The Kier molecular flexibility index (Phi) is 7.13. The monoisotopic (exact) mass is 407 g/mol. The van der Waals surface area contributed by atoms with E-state index in [1.54, 1.807) is 5.48 Å². The lowest BCUT2D eigenvalue weighted by Gasteiger charge is -2.12. The van der Waals surface area contributed by atoms with Gasteiger partial charge in [-0.2, -0.15) is 0 Å². The third kappa shape index (κ3) is 5.42. The van der Waals surface area contributed by atoms with Gasteiger partial charge in [0.15, 0.2) is 0 Å². The van der Waals surface area contributed by atoms with Gasteiger partial charge in [0.25, 0.3) is 11.8 Å². The molecule has 3 aromatic rings. The summed E-state index contributed by atoms with van der Waals surface area (Å²) in [6, 6.07) is 18.5. The second-order valence-corrected chi connectivity index (χ2v) is 7.26. The quantitative estimate of drug-likeness (QED) is 0.303. The average molecular weight is 407 g/mol. The van der Waals surface area contributed by atoms with Crippen molar-refractivity contribution in [1.82, 2.24) is 15.9 Å². The van der Waals surface area contributed by atoms with E-state index in [9.17, 15) is 9.59 Å². The molecule has 3 aromatic carbocycles. The minimum absolute atomic E-state index is 0.250. The number of hydroxylamine groups is 2. The minimum atomic E-state index is -0.637. The average Bonchev–Trinajstić information content (AvgIpc) is 2.75. The summed E-state index contributed by atoms with van der Waals surface area (Å²) in [5.74, 6) is -1.04. The fourth-order valence-electron chi connectivity index (χ4n) is 3.26. The number of hydrogen-bond acceptors (Lipinski definition) is 5. The Labute approximate surface area is 175 Å². The van der Waals surface area contributed by atoms with Gasteiger partial charge < -0.3 is 4.90 Å². The molecule has 3 rings (SSSR count). The Hall–Kier alpha value is -3.26. The molecule has 0 saturated heterocycles. The normalized spacial score (nSPS) is 10.9. The number of rotatable bonds is 8. The number of nitrogens with zero attached hydrogens (tertiary/aromatic N) is 1. The van der Waals surface area contributed by atoms with Crippen LogP contribution in [0.3, 0.4) is 0 Å². The van der Waals surface area contributed by atoms with Crippen LogP contribution in [0.2, 0.25) is 0 Å². The topological polar surface area (TPSA) is 90.9 Å². The van der Waals surface area contributed by atoms with Gasteiger partial charge in [-0.15, -0.1) is 0 Å². The molecule has 0 aliphatic rings. The van der Waals surface area contributed by atoms with Crippen LogP contribution in [0.1, 0.15) is 31.8 Å². The van der Waals surface area contributed by atoms with Crippen molar-refractivity contribution in [3.63, 3.8) is 0 Å². The van der Waals surface area contributed by atoms with Crippen molar-refractivity contribution in [2.45, 2.75) is 13.0 Å². The molecule has 0 atom stereocenters. The first kappa shape index (κ1) is 21.4. The number of benzene rings is 3. The van der Waals surface area contributed by atoms with Gasteiger partial charge in [0.2, 0.25) is 0 Å². The van der Waals surface area contributed by atoms with Gasteiger partial charge in [-0.3, -0.25) is 19.6 Å². The van der Waals surface area contributed by atoms with Crippen molar-refractivity contribution >= 4 is 22.6 Å². The number of nitrogens with one attached hydrogen (secondary N) is 2. The first-order chi connectivity index (χ1) is 14.5. The summed E-state index contributed by atoms with van der Waals surface area (Å²) in [5.41, 5.74) is 6.97. The molecule has 30 heavy (non-hydrogen) atoms. The zero-order valence-corrected chi connectivity index (χ0v) is 17.0. The largest absolute Gasteiger partial charge is 0.305 e. The first-order valence-corrected chi connectivity index (χ1v) is 9.60. The highest BCUT2D eigenvalue weighted by atomic mass is 16.6. The van der Waals surface area contributed by atoms with Crippen molar-refractivity contribution in [2.75, 3.05) is 20.7 Å². The summed E-state index contributed by atoms with van der Waals surface area (Å²) >= 11 is 0. The number of amides is 2. The summed E-state index contributed by atoms with van der Waals surface area (Å²) < 4.78 is 0. The van der Waals surface area contributed by atoms with Gasteiger partial charge in [0.05, 0.1) is 6.61 Å². The van der Waals surface area contributed by atoms with Crippen LogP contribution in [0.25, 0.3) is 10.8 Å². The molecule has 156 valence electrons. The molecule has 0 unspecified atom stereocenters. The van der Waals surface area contributed by atoms with E-state index in [-0.39, 0.29) is 5.56 Å². The molecule has 0 radical (unpaired) electrons. The molecule has 7 nitrogen and oxygen atoms in total. The Balaban J connectivity index is 1.55. The number of carbonyl (C=O) groups excluding carboxylic acids is 2. The molecule has 0 saturated carbocycles. The number of fused-ring (bicyclic) bond motifs is 1. The maximum absolute atomic E-state index is 12.2. The maximum atomic E-state index is 12.2. The van der Waals surface area contributed by atoms with Crippen molar-refractivity contribution in [3.05, 3.63) is 82.9 Å². The SMILES string of the molecule is CN(C)Cc1ccc2c(CCONC(=O)c3ccc(C(=O)NO)cc3)cccc2c1. The molecule has 2 amide bonds. The molecule has 0 heterocycles. The number of hydrogen-bond donors (Lipinski definition) is 3. The third-order valence-corrected chi connectivity index (χ3v) is 4.68. The van der Waals surface area contributed by atoms with Crippen LogP contribution in [0.4, 0.5) is 0 Å². The number of carbonyl (C=O) groups is 2. The maximum Gasteiger partial charge on any atom is 0.274 e. The van der Waals surface area contributed by atoms with Gasteiger partial charge in [-0.05, 0) is 72.7 Å². The molecule has 0 spiro atoms. The van der Waals surface area contributed by atoms with E-state index < -0.39 is 11.8 Å². The minimum Gasteiger partial charge on any atom is -0.305 e. The zero-order chi connectivity index (χ0) is 21.5. The van der Waals surface area contributed by atoms with Crippen molar-refractivity contribution in [2.24, 2.45) is 0 Å². The van der Waals surface area contributed by atoms with Crippen LogP contribution < -0.4 is 11.0 Å². The molecule has 0 aromatic heterocycles. The first-order valence-electron chi connectivity index (χ1n) is 9.60. The van der Waals surface area contributed by atoms with Gasteiger partial charge >= 0.3 is 0 Å².